The van der Waals surface area contributed by atoms with E-state index in [-0.39, 0.29) is 59.8 Å². The van der Waals surface area contributed by atoms with Crippen LogP contribution in [-0.4, -0.2) is 39.4 Å². The molecular formula is C18H22N4O3S. The Hall–Kier alpha value is -2.09. The first kappa shape index (κ1) is 17.3. The molecule has 138 valence electrons. The second-order valence-corrected chi connectivity index (χ2v) is 9.27. The average molecular weight is 374 g/mol. The van der Waals surface area contributed by atoms with E-state index in [1.807, 2.05) is 20.8 Å². The van der Waals surface area contributed by atoms with Gasteiger partial charge in [-0.3, -0.25) is 19.3 Å². The Morgan fingerprint density at radius 2 is 1.81 bits per heavy atom. The van der Waals surface area contributed by atoms with Crippen LogP contribution >= 0.6 is 11.3 Å². The van der Waals surface area contributed by atoms with Crippen molar-refractivity contribution in [3.8, 4) is 0 Å². The number of anilines is 1. The highest BCUT2D eigenvalue weighted by atomic mass is 32.1. The molecule has 1 aromatic heterocycles. The van der Waals surface area contributed by atoms with Gasteiger partial charge < -0.3 is 5.32 Å². The van der Waals surface area contributed by atoms with Crippen molar-refractivity contribution in [3.05, 3.63) is 17.2 Å². The topological polar surface area (TPSA) is 92.3 Å². The molecule has 26 heavy (non-hydrogen) atoms. The lowest BCUT2D eigenvalue weighted by Crippen LogP contribution is -2.35. The molecule has 0 spiro atoms. The molecule has 3 aliphatic rings. The van der Waals surface area contributed by atoms with Gasteiger partial charge in [0.2, 0.25) is 22.9 Å². The average Bonchev–Trinajstić information content (AvgIpc) is 3.30. The van der Waals surface area contributed by atoms with Crippen molar-refractivity contribution < 1.29 is 14.4 Å². The number of allylic oxidation sites excluding steroid dienone is 2. The van der Waals surface area contributed by atoms with Gasteiger partial charge in [-0.1, -0.05) is 44.3 Å². The minimum Gasteiger partial charge on any atom is -0.300 e. The van der Waals surface area contributed by atoms with Gasteiger partial charge in [-0.2, -0.15) is 0 Å². The molecule has 2 heterocycles. The van der Waals surface area contributed by atoms with Crippen molar-refractivity contribution in [1.29, 1.82) is 0 Å². The molecule has 2 fully saturated rings. The van der Waals surface area contributed by atoms with Crippen LogP contribution in [0.4, 0.5) is 5.13 Å². The third-order valence-electron chi connectivity index (χ3n) is 5.44. The number of fused-ring (bicyclic) bond motifs is 5. The minimum absolute atomic E-state index is 0.0735. The molecular weight excluding hydrogens is 352 g/mol. The van der Waals surface area contributed by atoms with Gasteiger partial charge >= 0.3 is 0 Å². The Kier molecular flexibility index (Phi) is 3.98. The number of hydrogen-bond donors (Lipinski definition) is 1. The van der Waals surface area contributed by atoms with Gasteiger partial charge in [0.15, 0.2) is 0 Å². The van der Waals surface area contributed by atoms with Gasteiger partial charge in [0, 0.05) is 18.4 Å². The Morgan fingerprint density at radius 1 is 1.19 bits per heavy atom. The zero-order valence-corrected chi connectivity index (χ0v) is 15.9. The zero-order valence-electron chi connectivity index (χ0n) is 15.1. The number of carbonyl (C=O) groups excluding carboxylic acids is 3. The molecule has 1 saturated carbocycles. The Bertz CT molecular complexity index is 780. The van der Waals surface area contributed by atoms with Crippen molar-refractivity contribution in [2.24, 2.45) is 23.7 Å². The van der Waals surface area contributed by atoms with Crippen LogP contribution in [0.25, 0.3) is 0 Å². The summed E-state index contributed by atoms with van der Waals surface area (Å²) in [7, 11) is 0. The largest absolute Gasteiger partial charge is 0.300 e. The summed E-state index contributed by atoms with van der Waals surface area (Å²) in [5.74, 6) is -0.530. The molecule has 0 unspecified atom stereocenters. The molecule has 1 aromatic rings. The number of aromatic nitrogens is 2. The Labute approximate surface area is 155 Å². The fraction of sp³-hybridized carbons (Fsp3) is 0.611. The second kappa shape index (κ2) is 5.97. The summed E-state index contributed by atoms with van der Waals surface area (Å²) in [6.07, 6.45) is 5.11. The van der Waals surface area contributed by atoms with Crippen molar-refractivity contribution in [1.82, 2.24) is 15.1 Å². The monoisotopic (exact) mass is 374 g/mol. The van der Waals surface area contributed by atoms with E-state index in [0.29, 0.717) is 5.13 Å². The van der Waals surface area contributed by atoms with E-state index in [2.05, 4.69) is 27.7 Å². The molecule has 0 radical (unpaired) electrons. The Morgan fingerprint density at radius 3 is 2.35 bits per heavy atom. The molecule has 8 heteroatoms. The van der Waals surface area contributed by atoms with Crippen LogP contribution < -0.4 is 5.32 Å². The number of carbonyl (C=O) groups is 3. The van der Waals surface area contributed by atoms with E-state index in [4.69, 9.17) is 0 Å². The first-order chi connectivity index (χ1) is 12.3. The normalized spacial score (nSPS) is 29.6. The quantitative estimate of drug-likeness (QED) is 0.642. The summed E-state index contributed by atoms with van der Waals surface area (Å²) in [4.78, 5) is 38.7. The number of amides is 3. The van der Waals surface area contributed by atoms with Crippen molar-refractivity contribution in [2.75, 3.05) is 11.9 Å². The van der Waals surface area contributed by atoms with Crippen LogP contribution in [0, 0.1) is 23.7 Å². The molecule has 4 atom stereocenters. The standard InChI is InChI=1S/C18H22N4O3S/c1-18(2,3)16-20-21-17(26-16)19-11(23)6-7-22-14(24)12-9-4-5-10(8-9)13(12)15(22)25/h4-5,9-10,12-13H,6-8H2,1-3H3,(H,19,21,23)/t9-,10-,12-,13+/m0/s1. The summed E-state index contributed by atoms with van der Waals surface area (Å²) in [5.41, 5.74) is -0.125. The molecule has 1 N–H and O–H groups in total. The van der Waals surface area contributed by atoms with Crippen LogP contribution in [-0.2, 0) is 19.8 Å². The highest BCUT2D eigenvalue weighted by Crippen LogP contribution is 2.52. The van der Waals surface area contributed by atoms with E-state index in [9.17, 15) is 14.4 Å². The lowest BCUT2D eigenvalue weighted by atomic mass is 9.85. The molecule has 3 amide bonds. The molecule has 4 rings (SSSR count). The number of nitrogens with one attached hydrogen (secondary N) is 1. The first-order valence-corrected chi connectivity index (χ1v) is 9.75. The predicted octanol–water partition coefficient (Wildman–Crippen LogP) is 1.97. The third kappa shape index (κ3) is 2.76. The summed E-state index contributed by atoms with van der Waals surface area (Å²) in [6.45, 7) is 6.22. The van der Waals surface area contributed by atoms with E-state index < -0.39 is 0 Å². The highest BCUT2D eigenvalue weighted by Gasteiger charge is 2.59. The summed E-state index contributed by atoms with van der Waals surface area (Å²) < 4.78 is 0. The smallest absolute Gasteiger partial charge is 0.233 e. The van der Waals surface area contributed by atoms with Crippen molar-refractivity contribution >= 4 is 34.2 Å². The second-order valence-electron chi connectivity index (χ2n) is 8.29. The van der Waals surface area contributed by atoms with Gasteiger partial charge in [-0.15, -0.1) is 10.2 Å². The lowest BCUT2D eigenvalue weighted by molar-refractivity contribution is -0.140. The number of likely N-dealkylation sites (tertiary alicyclic amines) is 1. The minimum atomic E-state index is -0.264. The molecule has 2 aliphatic carbocycles. The first-order valence-electron chi connectivity index (χ1n) is 8.93. The van der Waals surface area contributed by atoms with Crippen LogP contribution in [0.1, 0.15) is 38.6 Å². The van der Waals surface area contributed by atoms with E-state index >= 15 is 0 Å². The van der Waals surface area contributed by atoms with Crippen LogP contribution in [0.2, 0.25) is 0 Å². The van der Waals surface area contributed by atoms with Gasteiger partial charge in [-0.05, 0) is 18.3 Å². The number of nitrogens with zero attached hydrogens (tertiary/aromatic N) is 3. The highest BCUT2D eigenvalue weighted by molar-refractivity contribution is 7.15. The molecule has 2 bridgehead atoms. The van der Waals surface area contributed by atoms with Gasteiger partial charge in [0.05, 0.1) is 11.8 Å². The number of imide groups is 1. The molecule has 7 nitrogen and oxygen atoms in total. The van der Waals surface area contributed by atoms with Crippen LogP contribution in [0.3, 0.4) is 0 Å². The van der Waals surface area contributed by atoms with Gasteiger partial charge in [0.25, 0.3) is 0 Å². The summed E-state index contributed by atoms with van der Waals surface area (Å²) in [5, 5.41) is 12.1. The Balaban J connectivity index is 1.35. The fourth-order valence-corrected chi connectivity index (χ4v) is 4.97. The van der Waals surface area contributed by atoms with Crippen LogP contribution in [0.15, 0.2) is 12.2 Å². The van der Waals surface area contributed by atoms with E-state index in [0.717, 1.165) is 11.4 Å². The molecule has 1 aliphatic heterocycles. The van der Waals surface area contributed by atoms with Crippen LogP contribution in [0.5, 0.6) is 0 Å². The van der Waals surface area contributed by atoms with E-state index in [1.54, 1.807) is 0 Å². The number of hydrogen-bond acceptors (Lipinski definition) is 6. The fourth-order valence-electron chi connectivity index (χ4n) is 4.16. The molecule has 1 saturated heterocycles. The van der Waals surface area contributed by atoms with Gasteiger partial charge in [0.1, 0.15) is 5.01 Å². The maximum atomic E-state index is 12.6. The summed E-state index contributed by atoms with van der Waals surface area (Å²) in [6, 6.07) is 0. The van der Waals surface area contributed by atoms with Gasteiger partial charge in [-0.25, -0.2) is 0 Å². The lowest BCUT2D eigenvalue weighted by Gasteiger charge is -2.16. The third-order valence-corrected chi connectivity index (χ3v) is 6.70. The zero-order chi connectivity index (χ0) is 18.6. The predicted molar refractivity (Wildman–Crippen MR) is 96.3 cm³/mol. The summed E-state index contributed by atoms with van der Waals surface area (Å²) >= 11 is 1.34. The van der Waals surface area contributed by atoms with E-state index in [1.165, 1.54) is 16.2 Å². The SMILES string of the molecule is CC(C)(C)c1nnc(NC(=O)CCN2C(=O)[C@@H]3[C@H](C2=O)[C@H]2C=C[C@H]3C2)s1. The number of rotatable bonds is 4. The maximum absolute atomic E-state index is 12.6. The maximum Gasteiger partial charge on any atom is 0.233 e. The van der Waals surface area contributed by atoms with Crippen molar-refractivity contribution in [2.45, 2.75) is 39.0 Å². The molecule has 0 aromatic carbocycles. The van der Waals surface area contributed by atoms with Crippen molar-refractivity contribution in [3.63, 3.8) is 0 Å².